The molecule has 0 amide bonds. The van der Waals surface area contributed by atoms with Crippen LogP contribution >= 0.6 is 0 Å². The quantitative estimate of drug-likeness (QED) is 0.634. The Morgan fingerprint density at radius 1 is 0.778 bits per heavy atom. The molecule has 0 aliphatic carbocycles. The minimum Gasteiger partial charge on any atom is -0.543 e. The van der Waals surface area contributed by atoms with Crippen LogP contribution in [0.5, 0.6) is 5.75 Å². The Morgan fingerprint density at radius 2 is 1.17 bits per heavy atom. The van der Waals surface area contributed by atoms with Crippen molar-refractivity contribution < 1.29 is 4.43 Å². The van der Waals surface area contributed by atoms with Crippen LogP contribution in [0.25, 0.3) is 0 Å². The molecule has 1 aromatic carbocycles. The highest BCUT2D eigenvalue weighted by molar-refractivity contribution is 6.78. The first-order valence-corrected chi connectivity index (χ1v) is 9.20. The molecule has 0 spiro atoms. The van der Waals surface area contributed by atoms with Crippen molar-refractivity contribution in [2.45, 2.75) is 65.1 Å². The molecule has 0 aromatic heterocycles. The Kier molecular flexibility index (Phi) is 5.03. The minimum absolute atomic E-state index is 0.624. The maximum absolute atomic E-state index is 6.58. The van der Waals surface area contributed by atoms with Crippen molar-refractivity contribution in [1.82, 2.24) is 0 Å². The molecule has 0 heterocycles. The predicted octanol–water partition coefficient (Wildman–Crippen LogP) is 5.55. The largest absolute Gasteiger partial charge is 0.543 e. The van der Waals surface area contributed by atoms with Crippen LogP contribution in [0.15, 0.2) is 24.3 Å². The average molecular weight is 264 g/mol. The second kappa shape index (κ2) is 5.92. The van der Waals surface area contributed by atoms with Crippen LogP contribution in [0.1, 0.15) is 47.1 Å². The molecule has 1 aromatic rings. The van der Waals surface area contributed by atoms with Gasteiger partial charge in [-0.1, -0.05) is 59.2 Å². The Hall–Kier alpha value is -0.763. The third kappa shape index (κ3) is 2.97. The fraction of sp³-hybridized carbons (Fsp3) is 0.625. The molecule has 0 saturated heterocycles. The van der Waals surface area contributed by atoms with Gasteiger partial charge in [-0.15, -0.1) is 0 Å². The van der Waals surface area contributed by atoms with Gasteiger partial charge in [0, 0.05) is 0 Å². The fourth-order valence-corrected chi connectivity index (χ4v) is 8.42. The van der Waals surface area contributed by atoms with Crippen LogP contribution in [0, 0.1) is 6.92 Å². The number of hydrogen-bond donors (Lipinski definition) is 0. The molecule has 0 N–H and O–H groups in total. The van der Waals surface area contributed by atoms with Gasteiger partial charge in [-0.25, -0.2) is 0 Å². The second-order valence-electron chi connectivity index (χ2n) is 6.23. The van der Waals surface area contributed by atoms with Gasteiger partial charge in [0.1, 0.15) is 5.75 Å². The third-order valence-electron chi connectivity index (χ3n) is 4.02. The van der Waals surface area contributed by atoms with Gasteiger partial charge >= 0.3 is 0 Å². The molecule has 0 atom stereocenters. The molecule has 102 valence electrons. The molecule has 1 nitrogen and oxygen atoms in total. The summed E-state index contributed by atoms with van der Waals surface area (Å²) in [5.41, 5.74) is 3.16. The van der Waals surface area contributed by atoms with Crippen molar-refractivity contribution in [2.24, 2.45) is 0 Å². The number of benzene rings is 1. The SMILES string of the molecule is Cc1ccc(O[Si](C(C)C)(C(C)C)C(C)C)cc1. The van der Waals surface area contributed by atoms with Gasteiger partial charge in [0.2, 0.25) is 0 Å². The lowest BCUT2D eigenvalue weighted by atomic mass is 10.2. The first-order valence-electron chi connectivity index (χ1n) is 7.06. The van der Waals surface area contributed by atoms with Crippen LogP contribution < -0.4 is 4.43 Å². The first-order chi connectivity index (χ1) is 8.30. The van der Waals surface area contributed by atoms with E-state index in [1.807, 2.05) is 0 Å². The topological polar surface area (TPSA) is 9.23 Å². The summed E-state index contributed by atoms with van der Waals surface area (Å²) in [6.07, 6.45) is 0. The van der Waals surface area contributed by atoms with E-state index >= 15 is 0 Å². The lowest BCUT2D eigenvalue weighted by molar-refractivity contribution is 0.479. The van der Waals surface area contributed by atoms with Crippen molar-refractivity contribution in [3.05, 3.63) is 29.8 Å². The van der Waals surface area contributed by atoms with Crippen molar-refractivity contribution in [1.29, 1.82) is 0 Å². The van der Waals surface area contributed by atoms with Crippen molar-refractivity contribution in [3.8, 4) is 5.75 Å². The minimum atomic E-state index is -1.79. The number of rotatable bonds is 5. The van der Waals surface area contributed by atoms with E-state index in [1.165, 1.54) is 5.56 Å². The predicted molar refractivity (Wildman–Crippen MR) is 82.9 cm³/mol. The zero-order valence-electron chi connectivity index (χ0n) is 12.9. The van der Waals surface area contributed by atoms with Gasteiger partial charge in [0.05, 0.1) is 0 Å². The van der Waals surface area contributed by atoms with Gasteiger partial charge < -0.3 is 4.43 Å². The van der Waals surface area contributed by atoms with Crippen LogP contribution in [0.4, 0.5) is 0 Å². The van der Waals surface area contributed by atoms with Gasteiger partial charge in [-0.2, -0.15) is 0 Å². The summed E-state index contributed by atoms with van der Waals surface area (Å²) in [6.45, 7) is 16.0. The molecule has 0 aliphatic rings. The summed E-state index contributed by atoms with van der Waals surface area (Å²) in [5, 5.41) is 0. The average Bonchev–Trinajstić information content (AvgIpc) is 2.26. The third-order valence-corrected chi connectivity index (χ3v) is 10.0. The summed E-state index contributed by atoms with van der Waals surface area (Å²) in [6, 6.07) is 8.50. The van der Waals surface area contributed by atoms with E-state index in [-0.39, 0.29) is 0 Å². The van der Waals surface area contributed by atoms with E-state index in [2.05, 4.69) is 72.7 Å². The van der Waals surface area contributed by atoms with Gasteiger partial charge in [0.25, 0.3) is 8.32 Å². The fourth-order valence-electron chi connectivity index (χ4n) is 3.16. The zero-order valence-corrected chi connectivity index (χ0v) is 13.9. The van der Waals surface area contributed by atoms with E-state index in [1.54, 1.807) is 0 Å². The highest BCUT2D eigenvalue weighted by atomic mass is 28.4. The lowest BCUT2D eigenvalue weighted by Gasteiger charge is -2.42. The monoisotopic (exact) mass is 264 g/mol. The molecule has 0 fully saturated rings. The smallest absolute Gasteiger partial charge is 0.258 e. The van der Waals surface area contributed by atoms with Gasteiger partial charge in [-0.3, -0.25) is 0 Å². The van der Waals surface area contributed by atoms with E-state index in [4.69, 9.17) is 4.43 Å². The molecule has 0 saturated carbocycles. The maximum atomic E-state index is 6.58. The molecule has 2 heteroatoms. The van der Waals surface area contributed by atoms with E-state index in [0.29, 0.717) is 16.6 Å². The number of aryl methyl sites for hydroxylation is 1. The molecular formula is C16H28OSi. The van der Waals surface area contributed by atoms with Crippen LogP contribution in [-0.4, -0.2) is 8.32 Å². The summed E-state index contributed by atoms with van der Waals surface area (Å²) < 4.78 is 6.58. The normalized spacial score (nSPS) is 12.6. The number of hydrogen-bond acceptors (Lipinski definition) is 1. The second-order valence-corrected chi connectivity index (χ2v) is 11.6. The maximum Gasteiger partial charge on any atom is 0.258 e. The summed E-state index contributed by atoms with van der Waals surface area (Å²) in [4.78, 5) is 0. The van der Waals surface area contributed by atoms with Crippen LogP contribution in [-0.2, 0) is 0 Å². The summed E-state index contributed by atoms with van der Waals surface area (Å²) >= 11 is 0. The Labute approximate surface area is 114 Å². The molecule has 1 rings (SSSR count). The Morgan fingerprint density at radius 3 is 1.50 bits per heavy atom. The zero-order chi connectivity index (χ0) is 13.9. The highest BCUT2D eigenvalue weighted by Crippen LogP contribution is 2.42. The standard InChI is InChI=1S/C16H28OSi/c1-12(2)18(13(3)4,14(5)6)17-16-10-8-15(7)9-11-16/h8-14H,1-7H3. The van der Waals surface area contributed by atoms with E-state index in [9.17, 15) is 0 Å². The van der Waals surface area contributed by atoms with Crippen molar-refractivity contribution >= 4 is 8.32 Å². The highest BCUT2D eigenvalue weighted by Gasteiger charge is 2.46. The molecule has 0 bridgehead atoms. The van der Waals surface area contributed by atoms with E-state index in [0.717, 1.165) is 5.75 Å². The van der Waals surface area contributed by atoms with Crippen molar-refractivity contribution in [2.75, 3.05) is 0 Å². The van der Waals surface area contributed by atoms with Crippen LogP contribution in [0.2, 0.25) is 16.6 Å². The Bertz CT molecular complexity index is 343. The van der Waals surface area contributed by atoms with Gasteiger partial charge in [0.15, 0.2) is 0 Å². The van der Waals surface area contributed by atoms with Crippen LogP contribution in [0.3, 0.4) is 0 Å². The first kappa shape index (κ1) is 15.3. The molecule has 0 radical (unpaired) electrons. The molecular weight excluding hydrogens is 236 g/mol. The molecule has 0 unspecified atom stereocenters. The summed E-state index contributed by atoms with van der Waals surface area (Å²) in [5.74, 6) is 1.04. The molecule has 0 aliphatic heterocycles. The summed E-state index contributed by atoms with van der Waals surface area (Å²) in [7, 11) is -1.79. The molecule has 18 heavy (non-hydrogen) atoms. The van der Waals surface area contributed by atoms with Gasteiger partial charge in [-0.05, 0) is 35.7 Å². The van der Waals surface area contributed by atoms with Crippen molar-refractivity contribution in [3.63, 3.8) is 0 Å². The Balaban J connectivity index is 3.08. The van der Waals surface area contributed by atoms with E-state index < -0.39 is 8.32 Å². The lowest BCUT2D eigenvalue weighted by Crippen LogP contribution is -2.50.